The van der Waals surface area contributed by atoms with Crippen molar-refractivity contribution < 1.29 is 9.84 Å². The van der Waals surface area contributed by atoms with Crippen molar-refractivity contribution in [2.45, 2.75) is 40.2 Å². The minimum atomic E-state index is 0.183. The van der Waals surface area contributed by atoms with Crippen LogP contribution in [0.1, 0.15) is 39.2 Å². The second kappa shape index (κ2) is 8.43. The van der Waals surface area contributed by atoms with Crippen molar-refractivity contribution in [1.29, 1.82) is 0 Å². The summed E-state index contributed by atoms with van der Waals surface area (Å²) in [5.74, 6) is 0.739. The molecule has 1 aromatic rings. The van der Waals surface area contributed by atoms with Crippen molar-refractivity contribution in [2.24, 2.45) is 0 Å². The third kappa shape index (κ3) is 5.03. The molecule has 0 aliphatic carbocycles. The second-order valence-corrected chi connectivity index (χ2v) is 5.49. The first-order valence-electron chi connectivity index (χ1n) is 6.98. The van der Waals surface area contributed by atoms with E-state index < -0.39 is 0 Å². The molecule has 0 radical (unpaired) electrons. The lowest BCUT2D eigenvalue weighted by Gasteiger charge is -2.21. The van der Waals surface area contributed by atoms with Gasteiger partial charge < -0.3 is 9.84 Å². The van der Waals surface area contributed by atoms with E-state index in [9.17, 15) is 5.11 Å². The molecule has 1 aromatic carbocycles. The topological polar surface area (TPSA) is 32.7 Å². The van der Waals surface area contributed by atoms with Gasteiger partial charge in [0.15, 0.2) is 11.5 Å². The summed E-state index contributed by atoms with van der Waals surface area (Å²) in [7, 11) is 0. The van der Waals surface area contributed by atoms with Gasteiger partial charge in [0.25, 0.3) is 0 Å². The fraction of sp³-hybridized carbons (Fsp3) is 0.600. The maximum absolute atomic E-state index is 9.91. The number of rotatable bonds is 8. The van der Waals surface area contributed by atoms with E-state index >= 15 is 0 Å². The molecule has 0 spiro atoms. The van der Waals surface area contributed by atoms with Gasteiger partial charge in [-0.1, -0.05) is 13.8 Å². The smallest absolute Gasteiger partial charge is 0.172 e. The Bertz CT molecular complexity index is 390. The van der Waals surface area contributed by atoms with Crippen molar-refractivity contribution in [3.8, 4) is 11.5 Å². The van der Waals surface area contributed by atoms with E-state index in [0.29, 0.717) is 16.8 Å². The highest BCUT2D eigenvalue weighted by molar-refractivity contribution is 9.10. The number of phenolic OH excluding ortho intramolecular Hbond substituents is 1. The fourth-order valence-electron chi connectivity index (χ4n) is 2.14. The minimum absolute atomic E-state index is 0.183. The summed E-state index contributed by atoms with van der Waals surface area (Å²) in [5.41, 5.74) is 1.16. The van der Waals surface area contributed by atoms with Crippen LogP contribution in [0.4, 0.5) is 0 Å². The predicted octanol–water partition coefficient (Wildman–Crippen LogP) is 4.18. The third-order valence-electron chi connectivity index (χ3n) is 2.87. The van der Waals surface area contributed by atoms with Gasteiger partial charge in [-0.05, 0) is 66.5 Å². The van der Waals surface area contributed by atoms with Crippen LogP contribution in [0, 0.1) is 0 Å². The largest absolute Gasteiger partial charge is 0.503 e. The highest BCUT2D eigenvalue weighted by atomic mass is 79.9. The van der Waals surface area contributed by atoms with Gasteiger partial charge in [0.2, 0.25) is 0 Å². The normalized spacial score (nSPS) is 11.0. The van der Waals surface area contributed by atoms with Gasteiger partial charge in [-0.15, -0.1) is 0 Å². The lowest BCUT2D eigenvalue weighted by molar-refractivity contribution is 0.265. The fourth-order valence-corrected chi connectivity index (χ4v) is 2.63. The van der Waals surface area contributed by atoms with Gasteiger partial charge in [0, 0.05) is 6.54 Å². The number of aromatic hydroxyl groups is 1. The summed E-state index contributed by atoms with van der Waals surface area (Å²) in [6, 6.07) is 3.90. The SMILES string of the molecule is CCCN(CCC)Cc1cc(Br)c(O)c(OCC)c1. The first kappa shape index (κ1) is 16.3. The van der Waals surface area contributed by atoms with E-state index in [4.69, 9.17) is 4.74 Å². The van der Waals surface area contributed by atoms with Crippen LogP contribution in [0.3, 0.4) is 0 Å². The highest BCUT2D eigenvalue weighted by Crippen LogP contribution is 2.35. The molecule has 0 unspecified atom stereocenters. The minimum Gasteiger partial charge on any atom is -0.503 e. The number of halogens is 1. The van der Waals surface area contributed by atoms with Crippen LogP contribution < -0.4 is 4.74 Å². The highest BCUT2D eigenvalue weighted by Gasteiger charge is 2.11. The Labute approximate surface area is 124 Å². The van der Waals surface area contributed by atoms with Crippen LogP contribution in [-0.2, 0) is 6.54 Å². The molecule has 1 rings (SSSR count). The molecule has 0 atom stereocenters. The number of hydrogen-bond donors (Lipinski definition) is 1. The maximum Gasteiger partial charge on any atom is 0.172 e. The molecular weight excluding hydrogens is 306 g/mol. The monoisotopic (exact) mass is 329 g/mol. The molecule has 108 valence electrons. The van der Waals surface area contributed by atoms with E-state index in [1.165, 1.54) is 0 Å². The Morgan fingerprint density at radius 2 is 1.79 bits per heavy atom. The third-order valence-corrected chi connectivity index (χ3v) is 3.48. The maximum atomic E-state index is 9.91. The van der Waals surface area contributed by atoms with Crippen molar-refractivity contribution >= 4 is 15.9 Å². The lowest BCUT2D eigenvalue weighted by atomic mass is 10.1. The molecule has 0 amide bonds. The van der Waals surface area contributed by atoms with E-state index in [1.54, 1.807) is 0 Å². The number of ether oxygens (including phenoxy) is 1. The van der Waals surface area contributed by atoms with E-state index in [1.807, 2.05) is 19.1 Å². The standard InChI is InChI=1S/C15H24BrNO2/c1-4-7-17(8-5-2)11-12-9-13(16)15(18)14(10-12)19-6-3/h9-10,18H,4-8,11H2,1-3H3. The molecule has 0 saturated heterocycles. The van der Waals surface area contributed by atoms with Gasteiger partial charge in [0.1, 0.15) is 0 Å². The van der Waals surface area contributed by atoms with Crippen LogP contribution in [-0.4, -0.2) is 29.7 Å². The molecule has 0 aliphatic rings. The van der Waals surface area contributed by atoms with Gasteiger partial charge in [-0.25, -0.2) is 0 Å². The Morgan fingerprint density at radius 1 is 1.16 bits per heavy atom. The molecule has 3 nitrogen and oxygen atoms in total. The molecule has 0 aromatic heterocycles. The van der Waals surface area contributed by atoms with Crippen molar-refractivity contribution in [1.82, 2.24) is 4.90 Å². The van der Waals surface area contributed by atoms with Crippen LogP contribution in [0.15, 0.2) is 16.6 Å². The zero-order valence-corrected chi connectivity index (χ0v) is 13.7. The first-order chi connectivity index (χ1) is 9.12. The molecular formula is C15H24BrNO2. The predicted molar refractivity (Wildman–Crippen MR) is 82.8 cm³/mol. The van der Waals surface area contributed by atoms with Gasteiger partial charge in [-0.2, -0.15) is 0 Å². The zero-order valence-electron chi connectivity index (χ0n) is 12.1. The van der Waals surface area contributed by atoms with Gasteiger partial charge >= 0.3 is 0 Å². The van der Waals surface area contributed by atoms with Crippen LogP contribution in [0.5, 0.6) is 11.5 Å². The number of phenols is 1. The molecule has 19 heavy (non-hydrogen) atoms. The van der Waals surface area contributed by atoms with Crippen molar-refractivity contribution in [3.05, 3.63) is 22.2 Å². The van der Waals surface area contributed by atoms with E-state index in [2.05, 4.69) is 34.7 Å². The summed E-state index contributed by atoms with van der Waals surface area (Å²) >= 11 is 3.39. The number of benzene rings is 1. The molecule has 4 heteroatoms. The average molecular weight is 330 g/mol. The molecule has 0 heterocycles. The summed E-state index contributed by atoms with van der Waals surface area (Å²) in [6.07, 6.45) is 2.30. The quantitative estimate of drug-likeness (QED) is 0.776. The van der Waals surface area contributed by atoms with Crippen LogP contribution >= 0.6 is 15.9 Å². The molecule has 0 bridgehead atoms. The summed E-state index contributed by atoms with van der Waals surface area (Å²) in [6.45, 7) is 9.94. The summed E-state index contributed by atoms with van der Waals surface area (Å²) in [4.78, 5) is 2.43. The Balaban J connectivity index is 2.87. The Kier molecular flexibility index (Phi) is 7.24. The number of nitrogens with zero attached hydrogens (tertiary/aromatic N) is 1. The lowest BCUT2D eigenvalue weighted by Crippen LogP contribution is -2.24. The van der Waals surface area contributed by atoms with Gasteiger partial charge in [-0.3, -0.25) is 4.90 Å². The molecule has 0 saturated carbocycles. The van der Waals surface area contributed by atoms with Crippen molar-refractivity contribution in [3.63, 3.8) is 0 Å². The van der Waals surface area contributed by atoms with E-state index in [-0.39, 0.29) is 5.75 Å². The summed E-state index contributed by atoms with van der Waals surface area (Å²) in [5, 5.41) is 9.91. The zero-order chi connectivity index (χ0) is 14.3. The molecule has 0 fully saturated rings. The first-order valence-corrected chi connectivity index (χ1v) is 7.78. The van der Waals surface area contributed by atoms with Gasteiger partial charge in [0.05, 0.1) is 11.1 Å². The molecule has 1 N–H and O–H groups in total. The Hall–Kier alpha value is -0.740. The molecule has 0 aliphatic heterocycles. The van der Waals surface area contributed by atoms with Crippen LogP contribution in [0.25, 0.3) is 0 Å². The van der Waals surface area contributed by atoms with E-state index in [0.717, 1.165) is 38.0 Å². The second-order valence-electron chi connectivity index (χ2n) is 4.63. The van der Waals surface area contributed by atoms with Crippen LogP contribution in [0.2, 0.25) is 0 Å². The number of hydrogen-bond acceptors (Lipinski definition) is 3. The average Bonchev–Trinajstić information content (AvgIpc) is 2.36. The Morgan fingerprint density at radius 3 is 2.32 bits per heavy atom. The van der Waals surface area contributed by atoms with Crippen molar-refractivity contribution in [2.75, 3.05) is 19.7 Å². The summed E-state index contributed by atoms with van der Waals surface area (Å²) < 4.78 is 6.16.